The van der Waals surface area contributed by atoms with Gasteiger partial charge in [0.15, 0.2) is 17.3 Å². The zero-order valence-electron chi connectivity index (χ0n) is 20.7. The lowest BCUT2D eigenvalue weighted by Gasteiger charge is -2.28. The van der Waals surface area contributed by atoms with E-state index in [4.69, 9.17) is 4.98 Å². The number of aromatic nitrogens is 6. The lowest BCUT2D eigenvalue weighted by atomic mass is 10.0. The molecule has 2 aliphatic heterocycles. The Balaban J connectivity index is 1.28. The minimum absolute atomic E-state index is 0.296. The number of imidazole rings is 1. The summed E-state index contributed by atoms with van der Waals surface area (Å²) < 4.78 is 15.2. The molecule has 4 aromatic heterocycles. The van der Waals surface area contributed by atoms with Gasteiger partial charge in [-0.25, -0.2) is 14.4 Å². The van der Waals surface area contributed by atoms with E-state index in [1.165, 1.54) is 38.2 Å². The Morgan fingerprint density at radius 1 is 0.919 bits per heavy atom. The molecule has 37 heavy (non-hydrogen) atoms. The molecular formula is C28H29FN8. The third-order valence-electron chi connectivity index (χ3n) is 7.65. The summed E-state index contributed by atoms with van der Waals surface area (Å²) in [5.41, 5.74) is 6.41. The number of aromatic amines is 2. The van der Waals surface area contributed by atoms with Crippen LogP contribution >= 0.6 is 0 Å². The first-order valence-electron chi connectivity index (χ1n) is 13.2. The van der Waals surface area contributed by atoms with E-state index in [2.05, 4.69) is 41.0 Å². The number of H-pyrrole nitrogens is 2. The van der Waals surface area contributed by atoms with Gasteiger partial charge >= 0.3 is 0 Å². The second-order valence-corrected chi connectivity index (χ2v) is 10.2. The molecule has 0 unspecified atom stereocenters. The minimum Gasteiger partial charge on any atom is -0.370 e. The van der Waals surface area contributed by atoms with Gasteiger partial charge in [0, 0.05) is 49.2 Å². The summed E-state index contributed by atoms with van der Waals surface area (Å²) in [6.07, 6.45) is 11.6. The predicted molar refractivity (Wildman–Crippen MR) is 143 cm³/mol. The Morgan fingerprint density at radius 3 is 2.62 bits per heavy atom. The summed E-state index contributed by atoms with van der Waals surface area (Å²) in [6.45, 7) is 5.16. The first-order valence-corrected chi connectivity index (χ1v) is 13.2. The quantitative estimate of drug-likeness (QED) is 0.344. The molecule has 2 fully saturated rings. The highest BCUT2D eigenvalue weighted by atomic mass is 19.1. The average Bonchev–Trinajstić information content (AvgIpc) is 3.69. The molecule has 0 atom stereocenters. The third kappa shape index (κ3) is 4.13. The number of likely N-dealkylation sites (tertiary alicyclic amines) is 1. The second kappa shape index (κ2) is 9.23. The molecule has 0 radical (unpaired) electrons. The molecule has 2 aliphatic rings. The Bertz CT molecular complexity index is 1580. The SMILES string of the molecule is Fc1cc(-c2cncc(CN3CCCC3)c2)cc2c(-c3nc4nccc(N5CCCCC5)c4[nH]3)[nH]nc12. The number of piperidine rings is 1. The van der Waals surface area contributed by atoms with Crippen LogP contribution in [-0.4, -0.2) is 61.2 Å². The normalized spacial score (nSPS) is 16.8. The maximum Gasteiger partial charge on any atom is 0.180 e. The molecule has 2 N–H and O–H groups in total. The van der Waals surface area contributed by atoms with E-state index in [0.717, 1.165) is 60.6 Å². The van der Waals surface area contributed by atoms with Crippen LogP contribution in [0.25, 0.3) is 44.7 Å². The average molecular weight is 497 g/mol. The number of halogens is 1. The van der Waals surface area contributed by atoms with Crippen LogP contribution in [0.15, 0.2) is 42.9 Å². The van der Waals surface area contributed by atoms with E-state index >= 15 is 4.39 Å². The van der Waals surface area contributed by atoms with E-state index in [1.54, 1.807) is 6.20 Å². The van der Waals surface area contributed by atoms with Gasteiger partial charge in [0.05, 0.1) is 5.69 Å². The Hall–Kier alpha value is -3.85. The first-order chi connectivity index (χ1) is 18.2. The number of benzene rings is 1. The number of rotatable bonds is 5. The molecule has 7 rings (SSSR count). The highest BCUT2D eigenvalue weighted by Gasteiger charge is 2.20. The van der Waals surface area contributed by atoms with Crippen LogP contribution in [0.5, 0.6) is 0 Å². The first kappa shape index (κ1) is 22.4. The topological polar surface area (TPSA) is 89.6 Å². The zero-order chi connectivity index (χ0) is 24.8. The van der Waals surface area contributed by atoms with Crippen molar-refractivity contribution < 1.29 is 4.39 Å². The van der Waals surface area contributed by atoms with Crippen LogP contribution < -0.4 is 4.90 Å². The smallest absolute Gasteiger partial charge is 0.180 e. The summed E-state index contributed by atoms with van der Waals surface area (Å²) in [4.78, 5) is 22.0. The van der Waals surface area contributed by atoms with E-state index in [-0.39, 0.29) is 5.82 Å². The number of hydrogen-bond acceptors (Lipinski definition) is 6. The number of hydrogen-bond donors (Lipinski definition) is 2. The van der Waals surface area contributed by atoms with Gasteiger partial charge in [-0.3, -0.25) is 15.0 Å². The Labute approximate surface area is 213 Å². The minimum atomic E-state index is -0.372. The lowest BCUT2D eigenvalue weighted by molar-refractivity contribution is 0.331. The van der Waals surface area contributed by atoms with E-state index in [1.807, 2.05) is 24.5 Å². The highest BCUT2D eigenvalue weighted by Crippen LogP contribution is 2.34. The monoisotopic (exact) mass is 496 g/mol. The van der Waals surface area contributed by atoms with Crippen LogP contribution in [0.3, 0.4) is 0 Å². The summed E-state index contributed by atoms with van der Waals surface area (Å²) in [6, 6.07) is 7.67. The summed E-state index contributed by atoms with van der Waals surface area (Å²) in [5.74, 6) is 0.232. The molecule has 188 valence electrons. The van der Waals surface area contributed by atoms with Crippen molar-refractivity contribution in [2.45, 2.75) is 38.6 Å². The van der Waals surface area contributed by atoms with Crippen molar-refractivity contribution in [2.75, 3.05) is 31.1 Å². The van der Waals surface area contributed by atoms with Gasteiger partial charge in [-0.1, -0.05) is 0 Å². The van der Waals surface area contributed by atoms with Crippen LogP contribution in [0.4, 0.5) is 10.1 Å². The fourth-order valence-electron chi connectivity index (χ4n) is 5.77. The van der Waals surface area contributed by atoms with Crippen molar-refractivity contribution in [3.63, 3.8) is 0 Å². The van der Waals surface area contributed by atoms with Gasteiger partial charge in [-0.15, -0.1) is 0 Å². The van der Waals surface area contributed by atoms with Crippen molar-refractivity contribution >= 4 is 27.8 Å². The number of fused-ring (bicyclic) bond motifs is 2. The van der Waals surface area contributed by atoms with Gasteiger partial charge in [0.2, 0.25) is 0 Å². The van der Waals surface area contributed by atoms with E-state index in [9.17, 15) is 0 Å². The maximum atomic E-state index is 15.2. The molecule has 9 heteroatoms. The largest absolute Gasteiger partial charge is 0.370 e. The summed E-state index contributed by atoms with van der Waals surface area (Å²) in [7, 11) is 0. The third-order valence-corrected chi connectivity index (χ3v) is 7.65. The standard InChI is InChI=1S/C28H29FN8/c29-22-14-19(20-12-18(15-30-16-20)17-36-8-4-5-9-36)13-21-24(22)34-35-25(21)28-32-26-23(6-7-31-27(26)33-28)37-10-2-1-3-11-37/h6-7,12-16H,1-5,8-11,17H2,(H,34,35)(H,31,32,33). The molecule has 6 heterocycles. The van der Waals surface area contributed by atoms with Crippen LogP contribution in [0.1, 0.15) is 37.7 Å². The molecule has 0 aliphatic carbocycles. The van der Waals surface area contributed by atoms with Crippen molar-refractivity contribution in [2.24, 2.45) is 0 Å². The van der Waals surface area contributed by atoms with Crippen molar-refractivity contribution in [1.82, 2.24) is 35.0 Å². The number of anilines is 1. The maximum absolute atomic E-state index is 15.2. The molecular weight excluding hydrogens is 467 g/mol. The van der Waals surface area contributed by atoms with E-state index < -0.39 is 0 Å². The predicted octanol–water partition coefficient (Wildman–Crippen LogP) is 5.29. The number of pyridine rings is 2. The fraction of sp³-hybridized carbons (Fsp3) is 0.357. The van der Waals surface area contributed by atoms with Crippen LogP contribution in [0, 0.1) is 5.82 Å². The van der Waals surface area contributed by atoms with Gasteiger partial charge < -0.3 is 9.88 Å². The Morgan fingerprint density at radius 2 is 1.76 bits per heavy atom. The van der Waals surface area contributed by atoms with Crippen molar-refractivity contribution in [3.8, 4) is 22.6 Å². The molecule has 5 aromatic rings. The molecule has 2 saturated heterocycles. The second-order valence-electron chi connectivity index (χ2n) is 10.2. The van der Waals surface area contributed by atoms with Gasteiger partial charge in [0.25, 0.3) is 0 Å². The van der Waals surface area contributed by atoms with Crippen LogP contribution in [-0.2, 0) is 6.54 Å². The van der Waals surface area contributed by atoms with Crippen molar-refractivity contribution in [3.05, 3.63) is 54.2 Å². The number of nitrogens with zero attached hydrogens (tertiary/aromatic N) is 6. The van der Waals surface area contributed by atoms with Gasteiger partial charge in [-0.2, -0.15) is 5.10 Å². The molecule has 0 bridgehead atoms. The fourth-order valence-corrected chi connectivity index (χ4v) is 5.77. The van der Waals surface area contributed by atoms with Crippen molar-refractivity contribution in [1.29, 1.82) is 0 Å². The molecule has 0 amide bonds. The highest BCUT2D eigenvalue weighted by molar-refractivity contribution is 5.97. The summed E-state index contributed by atoms with van der Waals surface area (Å²) in [5, 5.41) is 7.99. The van der Waals surface area contributed by atoms with Crippen LogP contribution in [0.2, 0.25) is 0 Å². The zero-order valence-corrected chi connectivity index (χ0v) is 20.7. The van der Waals surface area contributed by atoms with E-state index in [0.29, 0.717) is 28.1 Å². The lowest BCUT2D eigenvalue weighted by Crippen LogP contribution is -2.29. The summed E-state index contributed by atoms with van der Waals surface area (Å²) >= 11 is 0. The molecule has 0 spiro atoms. The Kier molecular flexibility index (Phi) is 5.57. The molecule has 8 nitrogen and oxygen atoms in total. The van der Waals surface area contributed by atoms with Gasteiger partial charge in [0.1, 0.15) is 16.7 Å². The number of nitrogens with one attached hydrogen (secondary N) is 2. The van der Waals surface area contributed by atoms with Gasteiger partial charge in [-0.05, 0) is 80.6 Å². The molecule has 1 aromatic carbocycles. The molecule has 0 saturated carbocycles.